The number of rotatable bonds is 4. The smallest absolute Gasteiger partial charge is 0.226 e. The highest BCUT2D eigenvalue weighted by atomic mass is 16.5. The molecular weight excluding hydrogens is 226 g/mol. The fraction of sp³-hybridized carbons (Fsp3) is 0.857. The van der Waals surface area contributed by atoms with E-state index in [0.29, 0.717) is 11.7 Å². The molecule has 0 aromatic carbocycles. The molecule has 1 saturated carbocycles. The van der Waals surface area contributed by atoms with Crippen molar-refractivity contribution in [3.8, 4) is 0 Å². The Kier molecular flexibility index (Phi) is 4.75. The minimum Gasteiger partial charge on any atom is -0.339 e. The molecule has 0 amide bonds. The Morgan fingerprint density at radius 2 is 1.89 bits per heavy atom. The highest BCUT2D eigenvalue weighted by Crippen LogP contribution is 2.26. The number of hydrogen-bond acceptors (Lipinski definition) is 4. The molecule has 0 spiro atoms. The molecule has 4 heteroatoms. The minimum absolute atomic E-state index is 0.114. The molecule has 1 unspecified atom stereocenters. The first-order chi connectivity index (χ1) is 8.66. The Bertz CT molecular complexity index is 354. The van der Waals surface area contributed by atoms with Gasteiger partial charge in [0, 0.05) is 6.42 Å². The fourth-order valence-corrected chi connectivity index (χ4v) is 2.60. The SMILES string of the molecule is CC(C)C(N)c1noc(CC2CCCCCC2)n1. The zero-order chi connectivity index (χ0) is 13.0. The monoisotopic (exact) mass is 251 g/mol. The summed E-state index contributed by atoms with van der Waals surface area (Å²) in [6.07, 6.45) is 8.97. The lowest BCUT2D eigenvalue weighted by Gasteiger charge is -2.11. The highest BCUT2D eigenvalue weighted by molar-refractivity contribution is 4.95. The maximum absolute atomic E-state index is 6.02. The third-order valence-electron chi connectivity index (χ3n) is 3.94. The topological polar surface area (TPSA) is 64.9 Å². The Balaban J connectivity index is 1.93. The van der Waals surface area contributed by atoms with Crippen LogP contribution in [0.25, 0.3) is 0 Å². The maximum Gasteiger partial charge on any atom is 0.226 e. The van der Waals surface area contributed by atoms with Crippen LogP contribution in [0.2, 0.25) is 0 Å². The van der Waals surface area contributed by atoms with Gasteiger partial charge in [-0.1, -0.05) is 44.7 Å². The first kappa shape index (κ1) is 13.5. The van der Waals surface area contributed by atoms with E-state index in [4.69, 9.17) is 10.3 Å². The van der Waals surface area contributed by atoms with Gasteiger partial charge in [0.05, 0.1) is 6.04 Å². The summed E-state index contributed by atoms with van der Waals surface area (Å²) < 4.78 is 5.34. The van der Waals surface area contributed by atoms with E-state index in [1.807, 2.05) is 0 Å². The molecule has 2 rings (SSSR count). The summed E-state index contributed by atoms with van der Waals surface area (Å²) in [7, 11) is 0. The normalized spacial score (nSPS) is 20.0. The number of hydrogen-bond donors (Lipinski definition) is 1. The van der Waals surface area contributed by atoms with Gasteiger partial charge in [-0.2, -0.15) is 4.98 Å². The second-order valence-electron chi connectivity index (χ2n) is 5.88. The largest absolute Gasteiger partial charge is 0.339 e. The summed E-state index contributed by atoms with van der Waals surface area (Å²) in [5.41, 5.74) is 6.02. The molecule has 0 radical (unpaired) electrons. The first-order valence-corrected chi connectivity index (χ1v) is 7.25. The van der Waals surface area contributed by atoms with Crippen molar-refractivity contribution in [1.82, 2.24) is 10.1 Å². The zero-order valence-corrected chi connectivity index (χ0v) is 11.6. The predicted molar refractivity (Wildman–Crippen MR) is 71.0 cm³/mol. The van der Waals surface area contributed by atoms with Gasteiger partial charge in [-0.25, -0.2) is 0 Å². The van der Waals surface area contributed by atoms with E-state index in [9.17, 15) is 0 Å². The number of aromatic nitrogens is 2. The molecule has 1 fully saturated rings. The van der Waals surface area contributed by atoms with E-state index in [0.717, 1.165) is 18.2 Å². The number of nitrogens with zero attached hydrogens (tertiary/aromatic N) is 2. The van der Waals surface area contributed by atoms with Crippen LogP contribution >= 0.6 is 0 Å². The van der Waals surface area contributed by atoms with Gasteiger partial charge in [0.1, 0.15) is 0 Å². The summed E-state index contributed by atoms with van der Waals surface area (Å²) in [5.74, 6) is 2.49. The molecule has 18 heavy (non-hydrogen) atoms. The van der Waals surface area contributed by atoms with Crippen molar-refractivity contribution < 1.29 is 4.52 Å². The van der Waals surface area contributed by atoms with Crippen molar-refractivity contribution in [1.29, 1.82) is 0 Å². The van der Waals surface area contributed by atoms with Crippen LogP contribution in [-0.2, 0) is 6.42 Å². The Morgan fingerprint density at radius 1 is 1.22 bits per heavy atom. The molecule has 4 nitrogen and oxygen atoms in total. The predicted octanol–water partition coefficient (Wildman–Crippen LogP) is 3.24. The van der Waals surface area contributed by atoms with Gasteiger partial charge in [0.2, 0.25) is 5.89 Å². The van der Waals surface area contributed by atoms with E-state index in [1.54, 1.807) is 0 Å². The lowest BCUT2D eigenvalue weighted by atomic mass is 9.97. The van der Waals surface area contributed by atoms with Crippen LogP contribution in [0.1, 0.15) is 70.1 Å². The van der Waals surface area contributed by atoms with E-state index in [2.05, 4.69) is 24.0 Å². The van der Waals surface area contributed by atoms with Crippen LogP contribution < -0.4 is 5.73 Å². The number of nitrogens with two attached hydrogens (primary N) is 1. The van der Waals surface area contributed by atoms with Gasteiger partial charge in [-0.05, 0) is 24.7 Å². The van der Waals surface area contributed by atoms with E-state index in [-0.39, 0.29) is 6.04 Å². The standard InChI is InChI=1S/C14H25N3O/c1-10(2)13(15)14-16-12(18-17-14)9-11-7-5-3-4-6-8-11/h10-11,13H,3-9,15H2,1-2H3. The van der Waals surface area contributed by atoms with Gasteiger partial charge >= 0.3 is 0 Å². The summed E-state index contributed by atoms with van der Waals surface area (Å²) in [4.78, 5) is 4.45. The van der Waals surface area contributed by atoms with Crippen LogP contribution in [0.15, 0.2) is 4.52 Å². The van der Waals surface area contributed by atoms with Gasteiger partial charge in [0.25, 0.3) is 0 Å². The molecule has 1 heterocycles. The van der Waals surface area contributed by atoms with Crippen molar-refractivity contribution in [2.75, 3.05) is 0 Å². The third kappa shape index (κ3) is 3.55. The lowest BCUT2D eigenvalue weighted by molar-refractivity contribution is 0.332. The van der Waals surface area contributed by atoms with Crippen molar-refractivity contribution in [3.05, 3.63) is 11.7 Å². The highest BCUT2D eigenvalue weighted by Gasteiger charge is 2.20. The Labute approximate surface area is 109 Å². The molecule has 2 N–H and O–H groups in total. The van der Waals surface area contributed by atoms with E-state index in [1.165, 1.54) is 38.5 Å². The second kappa shape index (κ2) is 6.32. The van der Waals surface area contributed by atoms with Crippen molar-refractivity contribution >= 4 is 0 Å². The quantitative estimate of drug-likeness (QED) is 0.834. The molecular formula is C14H25N3O. The molecule has 0 saturated heterocycles. The van der Waals surface area contributed by atoms with Crippen molar-refractivity contribution in [2.24, 2.45) is 17.6 Å². The Hall–Kier alpha value is -0.900. The van der Waals surface area contributed by atoms with Gasteiger partial charge in [-0.3, -0.25) is 0 Å². The van der Waals surface area contributed by atoms with Crippen LogP contribution in [0.5, 0.6) is 0 Å². The molecule has 0 bridgehead atoms. The molecule has 0 aliphatic heterocycles. The fourth-order valence-electron chi connectivity index (χ4n) is 2.60. The van der Waals surface area contributed by atoms with E-state index >= 15 is 0 Å². The average molecular weight is 251 g/mol. The maximum atomic E-state index is 6.02. The average Bonchev–Trinajstić information content (AvgIpc) is 2.64. The summed E-state index contributed by atoms with van der Waals surface area (Å²) >= 11 is 0. The zero-order valence-electron chi connectivity index (χ0n) is 11.6. The van der Waals surface area contributed by atoms with Gasteiger partial charge in [-0.15, -0.1) is 0 Å². The molecule has 1 aliphatic rings. The van der Waals surface area contributed by atoms with Crippen LogP contribution in [0.4, 0.5) is 0 Å². The summed E-state index contributed by atoms with van der Waals surface area (Å²) in [5, 5.41) is 4.02. The molecule has 1 aromatic rings. The molecule has 1 aliphatic carbocycles. The van der Waals surface area contributed by atoms with E-state index < -0.39 is 0 Å². The minimum atomic E-state index is -0.114. The second-order valence-corrected chi connectivity index (χ2v) is 5.88. The first-order valence-electron chi connectivity index (χ1n) is 7.25. The summed E-state index contributed by atoms with van der Waals surface area (Å²) in [6, 6.07) is -0.114. The van der Waals surface area contributed by atoms with Crippen LogP contribution in [-0.4, -0.2) is 10.1 Å². The van der Waals surface area contributed by atoms with Crippen molar-refractivity contribution in [2.45, 2.75) is 64.8 Å². The van der Waals surface area contributed by atoms with Crippen LogP contribution in [0.3, 0.4) is 0 Å². The molecule has 1 aromatic heterocycles. The summed E-state index contributed by atoms with van der Waals surface area (Å²) in [6.45, 7) is 4.15. The van der Waals surface area contributed by atoms with Crippen LogP contribution in [0, 0.1) is 11.8 Å². The van der Waals surface area contributed by atoms with Gasteiger partial charge in [0.15, 0.2) is 5.82 Å². The molecule has 1 atom stereocenters. The third-order valence-corrected chi connectivity index (χ3v) is 3.94. The molecule has 102 valence electrons. The Morgan fingerprint density at radius 3 is 2.50 bits per heavy atom. The van der Waals surface area contributed by atoms with Gasteiger partial charge < -0.3 is 10.3 Å². The van der Waals surface area contributed by atoms with Crippen molar-refractivity contribution in [3.63, 3.8) is 0 Å². The lowest BCUT2D eigenvalue weighted by Crippen LogP contribution is -2.18.